The first-order chi connectivity index (χ1) is 7.02. The summed E-state index contributed by atoms with van der Waals surface area (Å²) in [4.78, 5) is 11.2. The van der Waals surface area contributed by atoms with Gasteiger partial charge >= 0.3 is 0 Å². The fourth-order valence-corrected chi connectivity index (χ4v) is 1.48. The van der Waals surface area contributed by atoms with E-state index in [9.17, 15) is 4.79 Å². The van der Waals surface area contributed by atoms with Crippen LogP contribution in [0.5, 0.6) is 0 Å². The van der Waals surface area contributed by atoms with Gasteiger partial charge in [0.25, 0.3) is 0 Å². The number of rotatable bonds is 7. The predicted molar refractivity (Wildman–Crippen MR) is 65.7 cm³/mol. The maximum atomic E-state index is 11.2. The van der Waals surface area contributed by atoms with E-state index >= 15 is 0 Å². The van der Waals surface area contributed by atoms with Crippen LogP contribution in [0.2, 0.25) is 0 Å². The zero-order valence-corrected chi connectivity index (χ0v) is 10.6. The van der Waals surface area contributed by atoms with Gasteiger partial charge in [0.15, 0.2) is 0 Å². The van der Waals surface area contributed by atoms with E-state index in [2.05, 4.69) is 26.1 Å². The highest BCUT2D eigenvalue weighted by Crippen LogP contribution is 2.22. The number of nitrogens with one attached hydrogen (secondary N) is 1. The first kappa shape index (κ1) is 14.2. The zero-order chi connectivity index (χ0) is 11.7. The van der Waals surface area contributed by atoms with Crippen LogP contribution in [0.1, 0.15) is 53.4 Å². The van der Waals surface area contributed by atoms with Gasteiger partial charge in [0, 0.05) is 6.54 Å². The van der Waals surface area contributed by atoms with E-state index in [1.54, 1.807) is 12.2 Å². The Balaban J connectivity index is 3.77. The summed E-state index contributed by atoms with van der Waals surface area (Å²) in [6, 6.07) is 0. The van der Waals surface area contributed by atoms with Gasteiger partial charge in [-0.15, -0.1) is 0 Å². The number of carbonyl (C=O) groups is 1. The van der Waals surface area contributed by atoms with Crippen LogP contribution in [0, 0.1) is 5.41 Å². The Labute approximate surface area is 94.1 Å². The van der Waals surface area contributed by atoms with Gasteiger partial charge in [0.2, 0.25) is 5.91 Å². The average Bonchev–Trinajstić information content (AvgIpc) is 2.16. The number of hydrogen-bond acceptors (Lipinski definition) is 1. The molecule has 0 fully saturated rings. The second-order valence-electron chi connectivity index (χ2n) is 4.84. The zero-order valence-electron chi connectivity index (χ0n) is 10.6. The number of unbranched alkanes of at least 4 members (excludes halogenated alkanes) is 2. The van der Waals surface area contributed by atoms with Crippen LogP contribution in [0.3, 0.4) is 0 Å². The van der Waals surface area contributed by atoms with Gasteiger partial charge in [-0.2, -0.15) is 0 Å². The molecular weight excluding hydrogens is 186 g/mol. The van der Waals surface area contributed by atoms with E-state index in [1.807, 2.05) is 6.92 Å². The van der Waals surface area contributed by atoms with Crippen molar-refractivity contribution in [3.05, 3.63) is 12.2 Å². The Morgan fingerprint density at radius 3 is 2.53 bits per heavy atom. The standard InChI is InChI=1S/C13H25NO/c1-5-7-8-10-13(3,4)11-14-12(15)9-6-2/h6,9H,5,7-8,10-11H2,1-4H3,(H,14,15). The molecule has 0 saturated heterocycles. The molecule has 15 heavy (non-hydrogen) atoms. The Bertz CT molecular complexity index is 207. The van der Waals surface area contributed by atoms with Gasteiger partial charge < -0.3 is 5.32 Å². The SMILES string of the molecule is CC=CC(=O)NCC(C)(C)CCCCC. The van der Waals surface area contributed by atoms with Crippen molar-refractivity contribution in [2.45, 2.75) is 53.4 Å². The summed E-state index contributed by atoms with van der Waals surface area (Å²) >= 11 is 0. The van der Waals surface area contributed by atoms with Crippen molar-refractivity contribution >= 4 is 5.91 Å². The van der Waals surface area contributed by atoms with Gasteiger partial charge in [-0.05, 0) is 24.8 Å². The fourth-order valence-electron chi connectivity index (χ4n) is 1.48. The summed E-state index contributed by atoms with van der Waals surface area (Å²) in [6.07, 6.45) is 8.30. The molecule has 2 nitrogen and oxygen atoms in total. The monoisotopic (exact) mass is 211 g/mol. The summed E-state index contributed by atoms with van der Waals surface area (Å²) in [6.45, 7) is 9.24. The minimum absolute atomic E-state index is 0.0149. The van der Waals surface area contributed by atoms with Crippen molar-refractivity contribution in [1.82, 2.24) is 5.32 Å². The molecule has 2 heteroatoms. The largest absolute Gasteiger partial charge is 0.352 e. The van der Waals surface area contributed by atoms with Gasteiger partial charge in [-0.1, -0.05) is 46.1 Å². The maximum absolute atomic E-state index is 11.2. The van der Waals surface area contributed by atoms with E-state index in [-0.39, 0.29) is 11.3 Å². The summed E-state index contributed by atoms with van der Waals surface area (Å²) in [5, 5.41) is 2.93. The molecule has 0 aliphatic heterocycles. The van der Waals surface area contributed by atoms with Crippen LogP contribution in [-0.2, 0) is 4.79 Å². The van der Waals surface area contributed by atoms with Crippen molar-refractivity contribution in [2.24, 2.45) is 5.41 Å². The highest BCUT2D eigenvalue weighted by Gasteiger charge is 2.17. The molecule has 0 aromatic rings. The second-order valence-corrected chi connectivity index (χ2v) is 4.84. The van der Waals surface area contributed by atoms with E-state index in [1.165, 1.54) is 25.7 Å². The Morgan fingerprint density at radius 2 is 2.00 bits per heavy atom. The second kappa shape index (κ2) is 7.49. The fraction of sp³-hybridized carbons (Fsp3) is 0.769. The van der Waals surface area contributed by atoms with E-state index in [0.717, 1.165) is 6.54 Å². The van der Waals surface area contributed by atoms with E-state index < -0.39 is 0 Å². The summed E-state index contributed by atoms with van der Waals surface area (Å²) in [5.74, 6) is 0.0149. The molecule has 0 unspecified atom stereocenters. The third-order valence-corrected chi connectivity index (χ3v) is 2.52. The summed E-state index contributed by atoms with van der Waals surface area (Å²) in [5.41, 5.74) is 0.215. The van der Waals surface area contributed by atoms with Crippen LogP contribution in [0.25, 0.3) is 0 Å². The molecule has 0 heterocycles. The van der Waals surface area contributed by atoms with Crippen LogP contribution >= 0.6 is 0 Å². The highest BCUT2D eigenvalue weighted by molar-refractivity contribution is 5.87. The number of hydrogen-bond donors (Lipinski definition) is 1. The molecule has 0 rings (SSSR count). The summed E-state index contributed by atoms with van der Waals surface area (Å²) < 4.78 is 0. The van der Waals surface area contributed by atoms with Gasteiger partial charge in [0.05, 0.1) is 0 Å². The van der Waals surface area contributed by atoms with Crippen LogP contribution in [0.15, 0.2) is 12.2 Å². The van der Waals surface area contributed by atoms with Crippen molar-refractivity contribution < 1.29 is 4.79 Å². The molecule has 0 aliphatic rings. The lowest BCUT2D eigenvalue weighted by molar-refractivity contribution is -0.116. The van der Waals surface area contributed by atoms with Crippen molar-refractivity contribution in [2.75, 3.05) is 6.54 Å². The number of allylic oxidation sites excluding steroid dienone is 1. The molecule has 0 spiro atoms. The van der Waals surface area contributed by atoms with E-state index in [0.29, 0.717) is 0 Å². The number of amides is 1. The first-order valence-corrected chi connectivity index (χ1v) is 5.92. The summed E-state index contributed by atoms with van der Waals surface area (Å²) in [7, 11) is 0. The smallest absolute Gasteiger partial charge is 0.243 e. The Morgan fingerprint density at radius 1 is 1.33 bits per heavy atom. The van der Waals surface area contributed by atoms with Crippen molar-refractivity contribution in [1.29, 1.82) is 0 Å². The Hall–Kier alpha value is -0.790. The lowest BCUT2D eigenvalue weighted by Gasteiger charge is -2.24. The van der Waals surface area contributed by atoms with Gasteiger partial charge in [-0.3, -0.25) is 4.79 Å². The molecule has 0 radical (unpaired) electrons. The molecule has 0 aromatic carbocycles. The normalized spacial score (nSPS) is 12.0. The topological polar surface area (TPSA) is 29.1 Å². The quantitative estimate of drug-likeness (QED) is 0.508. The lowest BCUT2D eigenvalue weighted by atomic mass is 9.87. The third kappa shape index (κ3) is 8.22. The highest BCUT2D eigenvalue weighted by atomic mass is 16.1. The van der Waals surface area contributed by atoms with Crippen LogP contribution < -0.4 is 5.32 Å². The average molecular weight is 211 g/mol. The third-order valence-electron chi connectivity index (χ3n) is 2.52. The Kier molecular flexibility index (Phi) is 7.10. The first-order valence-electron chi connectivity index (χ1n) is 5.92. The van der Waals surface area contributed by atoms with Crippen LogP contribution in [-0.4, -0.2) is 12.5 Å². The van der Waals surface area contributed by atoms with Crippen molar-refractivity contribution in [3.63, 3.8) is 0 Å². The van der Waals surface area contributed by atoms with Gasteiger partial charge in [-0.25, -0.2) is 0 Å². The molecule has 1 N–H and O–H groups in total. The molecule has 0 atom stereocenters. The van der Waals surface area contributed by atoms with E-state index in [4.69, 9.17) is 0 Å². The molecule has 0 aromatic heterocycles. The molecule has 0 bridgehead atoms. The predicted octanol–water partition coefficient (Wildman–Crippen LogP) is 3.29. The lowest BCUT2D eigenvalue weighted by Crippen LogP contribution is -2.32. The molecule has 0 saturated carbocycles. The van der Waals surface area contributed by atoms with Gasteiger partial charge in [0.1, 0.15) is 0 Å². The molecule has 0 aliphatic carbocycles. The molecular formula is C13H25NO. The maximum Gasteiger partial charge on any atom is 0.243 e. The van der Waals surface area contributed by atoms with Crippen molar-refractivity contribution in [3.8, 4) is 0 Å². The minimum Gasteiger partial charge on any atom is -0.352 e. The van der Waals surface area contributed by atoms with Crippen LogP contribution in [0.4, 0.5) is 0 Å². The minimum atomic E-state index is 0.0149. The molecule has 88 valence electrons. The molecule has 1 amide bonds. The number of carbonyl (C=O) groups excluding carboxylic acids is 1.